The van der Waals surface area contributed by atoms with Gasteiger partial charge in [-0.25, -0.2) is 0 Å². The number of ketones is 1. The third-order valence-corrected chi connectivity index (χ3v) is 3.41. The fourth-order valence-corrected chi connectivity index (χ4v) is 2.41. The molecule has 108 valence electrons. The molecule has 4 nitrogen and oxygen atoms in total. The van der Waals surface area contributed by atoms with E-state index in [1.54, 1.807) is 11.0 Å². The third kappa shape index (κ3) is 3.44. The zero-order valence-electron chi connectivity index (χ0n) is 12.6. The maximum absolute atomic E-state index is 12.6. The molecular weight excluding hydrogens is 242 g/mol. The van der Waals surface area contributed by atoms with Gasteiger partial charge in [0.15, 0.2) is 0 Å². The highest BCUT2D eigenvalue weighted by Crippen LogP contribution is 2.33. The number of Topliss-reactive ketones (excluding diaryl/α,β-unsaturated/α-hetero) is 1. The fourth-order valence-electron chi connectivity index (χ4n) is 2.41. The van der Waals surface area contributed by atoms with Gasteiger partial charge in [0.05, 0.1) is 18.6 Å². The molecule has 0 radical (unpaired) electrons. The standard InChI is InChI=1S/C15H25NO3/c1-7-8-12(11(3)17)13(18)16-10(2)9-19-14(16)15(4,5)6/h7,10,12,14H,1,8-9H2,2-6H3/t10-,12?,14+/m0/s1. The first-order chi connectivity index (χ1) is 8.70. The Bertz CT molecular complexity index is 370. The number of hydrogen-bond acceptors (Lipinski definition) is 3. The van der Waals surface area contributed by atoms with Crippen molar-refractivity contribution in [3.63, 3.8) is 0 Å². The van der Waals surface area contributed by atoms with Gasteiger partial charge in [0.1, 0.15) is 12.0 Å². The average molecular weight is 267 g/mol. The average Bonchev–Trinajstić information content (AvgIpc) is 2.66. The smallest absolute Gasteiger partial charge is 0.235 e. The van der Waals surface area contributed by atoms with Gasteiger partial charge >= 0.3 is 0 Å². The van der Waals surface area contributed by atoms with Gasteiger partial charge in [-0.2, -0.15) is 0 Å². The zero-order chi connectivity index (χ0) is 14.8. The summed E-state index contributed by atoms with van der Waals surface area (Å²) in [5.74, 6) is -0.888. The van der Waals surface area contributed by atoms with Crippen LogP contribution in [-0.4, -0.2) is 35.5 Å². The van der Waals surface area contributed by atoms with E-state index in [-0.39, 0.29) is 29.4 Å². The summed E-state index contributed by atoms with van der Waals surface area (Å²) in [7, 11) is 0. The van der Waals surface area contributed by atoms with Gasteiger partial charge in [0, 0.05) is 5.41 Å². The van der Waals surface area contributed by atoms with Crippen LogP contribution in [0.5, 0.6) is 0 Å². The second-order valence-corrected chi connectivity index (χ2v) is 6.33. The summed E-state index contributed by atoms with van der Waals surface area (Å²) >= 11 is 0. The highest BCUT2D eigenvalue weighted by atomic mass is 16.5. The summed E-state index contributed by atoms with van der Waals surface area (Å²) in [4.78, 5) is 26.0. The molecule has 0 aliphatic carbocycles. The molecule has 1 aliphatic heterocycles. The van der Waals surface area contributed by atoms with E-state index in [1.807, 2.05) is 27.7 Å². The van der Waals surface area contributed by atoms with E-state index in [0.29, 0.717) is 13.0 Å². The van der Waals surface area contributed by atoms with Crippen LogP contribution in [0.25, 0.3) is 0 Å². The molecule has 1 fully saturated rings. The van der Waals surface area contributed by atoms with Gasteiger partial charge < -0.3 is 9.64 Å². The van der Waals surface area contributed by atoms with Crippen LogP contribution >= 0.6 is 0 Å². The van der Waals surface area contributed by atoms with Crippen molar-refractivity contribution >= 4 is 11.7 Å². The predicted molar refractivity (Wildman–Crippen MR) is 74.5 cm³/mol. The lowest BCUT2D eigenvalue weighted by atomic mass is 9.91. The summed E-state index contributed by atoms with van der Waals surface area (Å²) in [6.45, 7) is 13.7. The molecule has 3 atom stereocenters. The van der Waals surface area contributed by atoms with Crippen LogP contribution in [0.1, 0.15) is 41.0 Å². The van der Waals surface area contributed by atoms with E-state index >= 15 is 0 Å². The maximum Gasteiger partial charge on any atom is 0.235 e. The first kappa shape index (κ1) is 15.9. The summed E-state index contributed by atoms with van der Waals surface area (Å²) in [5, 5.41) is 0. The summed E-state index contributed by atoms with van der Waals surface area (Å²) < 4.78 is 5.74. The van der Waals surface area contributed by atoms with Crippen LogP contribution in [0, 0.1) is 11.3 Å². The molecule has 0 bridgehead atoms. The molecule has 0 aromatic rings. The van der Waals surface area contributed by atoms with Crippen LogP contribution in [-0.2, 0) is 14.3 Å². The maximum atomic E-state index is 12.6. The molecule has 1 heterocycles. The second-order valence-electron chi connectivity index (χ2n) is 6.33. The Morgan fingerprint density at radius 3 is 2.47 bits per heavy atom. The van der Waals surface area contributed by atoms with E-state index in [1.165, 1.54) is 6.92 Å². The molecule has 0 N–H and O–H groups in total. The molecular formula is C15H25NO3. The lowest BCUT2D eigenvalue weighted by Crippen LogP contribution is -2.50. The van der Waals surface area contributed by atoms with E-state index in [4.69, 9.17) is 4.74 Å². The van der Waals surface area contributed by atoms with Gasteiger partial charge in [-0.05, 0) is 20.3 Å². The highest BCUT2D eigenvalue weighted by Gasteiger charge is 2.44. The number of amides is 1. The number of carbonyl (C=O) groups is 2. The largest absolute Gasteiger partial charge is 0.356 e. The van der Waals surface area contributed by atoms with E-state index in [9.17, 15) is 9.59 Å². The minimum Gasteiger partial charge on any atom is -0.356 e. The molecule has 0 saturated carbocycles. The van der Waals surface area contributed by atoms with E-state index < -0.39 is 5.92 Å². The zero-order valence-corrected chi connectivity index (χ0v) is 12.6. The van der Waals surface area contributed by atoms with Crippen LogP contribution in [0.4, 0.5) is 0 Å². The van der Waals surface area contributed by atoms with Crippen molar-refractivity contribution in [2.75, 3.05) is 6.61 Å². The molecule has 1 saturated heterocycles. The lowest BCUT2D eigenvalue weighted by Gasteiger charge is -2.36. The molecule has 0 aromatic carbocycles. The number of carbonyl (C=O) groups excluding carboxylic acids is 2. The van der Waals surface area contributed by atoms with Gasteiger partial charge in [0.2, 0.25) is 5.91 Å². The topological polar surface area (TPSA) is 46.6 Å². The Hall–Kier alpha value is -1.16. The first-order valence-corrected chi connectivity index (χ1v) is 6.75. The van der Waals surface area contributed by atoms with Crippen molar-refractivity contribution in [2.24, 2.45) is 11.3 Å². The Morgan fingerprint density at radius 1 is 1.47 bits per heavy atom. The molecule has 0 aromatic heterocycles. The van der Waals surface area contributed by atoms with Crippen LogP contribution < -0.4 is 0 Å². The number of ether oxygens (including phenoxy) is 1. The second kappa shape index (κ2) is 5.87. The molecule has 1 amide bonds. The Kier molecular flexibility index (Phi) is 4.91. The van der Waals surface area contributed by atoms with Gasteiger partial charge in [-0.3, -0.25) is 9.59 Å². The molecule has 1 aliphatic rings. The van der Waals surface area contributed by atoms with Gasteiger partial charge in [-0.15, -0.1) is 6.58 Å². The van der Waals surface area contributed by atoms with Crippen LogP contribution in [0.3, 0.4) is 0 Å². The van der Waals surface area contributed by atoms with Gasteiger partial charge in [0.25, 0.3) is 0 Å². The van der Waals surface area contributed by atoms with E-state index in [0.717, 1.165) is 0 Å². The Morgan fingerprint density at radius 2 is 2.05 bits per heavy atom. The summed E-state index contributed by atoms with van der Waals surface area (Å²) in [6.07, 6.45) is 1.73. The molecule has 4 heteroatoms. The number of rotatable bonds is 4. The first-order valence-electron chi connectivity index (χ1n) is 6.75. The van der Waals surface area contributed by atoms with Crippen molar-refractivity contribution in [2.45, 2.75) is 53.3 Å². The third-order valence-electron chi connectivity index (χ3n) is 3.41. The molecule has 19 heavy (non-hydrogen) atoms. The van der Waals surface area contributed by atoms with Crippen molar-refractivity contribution < 1.29 is 14.3 Å². The Labute approximate surface area is 115 Å². The van der Waals surface area contributed by atoms with E-state index in [2.05, 4.69) is 6.58 Å². The number of allylic oxidation sites excluding steroid dienone is 1. The van der Waals surface area contributed by atoms with Gasteiger partial charge in [-0.1, -0.05) is 26.8 Å². The number of hydrogen-bond donors (Lipinski definition) is 0. The van der Waals surface area contributed by atoms with Crippen molar-refractivity contribution in [3.8, 4) is 0 Å². The highest BCUT2D eigenvalue weighted by molar-refractivity contribution is 6.00. The minimum absolute atomic E-state index is 0.00314. The lowest BCUT2D eigenvalue weighted by molar-refractivity contribution is -0.150. The van der Waals surface area contributed by atoms with Crippen molar-refractivity contribution in [1.82, 2.24) is 4.90 Å². The normalized spacial score (nSPS) is 25.2. The summed E-state index contributed by atoms with van der Waals surface area (Å²) in [5.41, 5.74) is -0.171. The van der Waals surface area contributed by atoms with Crippen molar-refractivity contribution in [1.29, 1.82) is 0 Å². The molecule has 0 spiro atoms. The molecule has 1 unspecified atom stereocenters. The quantitative estimate of drug-likeness (QED) is 0.580. The van der Waals surface area contributed by atoms with Crippen LogP contribution in [0.15, 0.2) is 12.7 Å². The predicted octanol–water partition coefficient (Wildman–Crippen LogP) is 2.39. The number of nitrogens with zero attached hydrogens (tertiary/aromatic N) is 1. The monoisotopic (exact) mass is 267 g/mol. The SMILES string of the molecule is C=CCC(C(C)=O)C(=O)N1[C@@H](C)CO[C@@H]1C(C)(C)C. The van der Waals surface area contributed by atoms with Crippen LogP contribution in [0.2, 0.25) is 0 Å². The molecule has 1 rings (SSSR count). The fraction of sp³-hybridized carbons (Fsp3) is 0.733. The van der Waals surface area contributed by atoms with Crippen molar-refractivity contribution in [3.05, 3.63) is 12.7 Å². The minimum atomic E-state index is -0.633. The summed E-state index contributed by atoms with van der Waals surface area (Å²) in [6, 6.07) is 0.00314. The Balaban J connectivity index is 2.99.